The summed E-state index contributed by atoms with van der Waals surface area (Å²) in [6.45, 7) is 0.663. The average molecular weight is 326 g/mol. The normalized spacial score (nSPS) is 17.1. The smallest absolute Gasteiger partial charge is 0.244 e. The summed E-state index contributed by atoms with van der Waals surface area (Å²) in [6, 6.07) is 7.53. The van der Waals surface area contributed by atoms with E-state index in [0.29, 0.717) is 13.0 Å². The number of aromatic nitrogens is 2. The number of likely N-dealkylation sites (N-methyl/N-ethyl adjacent to an activating group) is 1. The zero-order valence-electron chi connectivity index (χ0n) is 14.1. The molecule has 126 valence electrons. The monoisotopic (exact) mass is 326 g/mol. The van der Waals surface area contributed by atoms with E-state index in [-0.39, 0.29) is 17.9 Å². The van der Waals surface area contributed by atoms with E-state index >= 15 is 0 Å². The van der Waals surface area contributed by atoms with Crippen molar-refractivity contribution in [2.75, 3.05) is 20.6 Å². The fourth-order valence-electron chi connectivity index (χ4n) is 3.09. The second-order valence-corrected chi connectivity index (χ2v) is 6.29. The second-order valence-electron chi connectivity index (χ2n) is 6.29. The van der Waals surface area contributed by atoms with Crippen molar-refractivity contribution in [3.63, 3.8) is 0 Å². The highest BCUT2D eigenvalue weighted by Crippen LogP contribution is 2.20. The van der Waals surface area contributed by atoms with Gasteiger partial charge in [0.25, 0.3) is 0 Å². The van der Waals surface area contributed by atoms with E-state index in [2.05, 4.69) is 4.98 Å². The van der Waals surface area contributed by atoms with E-state index in [1.54, 1.807) is 36.4 Å². The van der Waals surface area contributed by atoms with Crippen LogP contribution in [0.25, 0.3) is 5.69 Å². The van der Waals surface area contributed by atoms with Gasteiger partial charge in [-0.2, -0.15) is 0 Å². The predicted molar refractivity (Wildman–Crippen MR) is 90.7 cm³/mol. The fraction of sp³-hybridized carbons (Fsp3) is 0.389. The minimum absolute atomic E-state index is 0.0105. The van der Waals surface area contributed by atoms with Gasteiger partial charge in [0.1, 0.15) is 6.04 Å². The van der Waals surface area contributed by atoms with E-state index in [1.165, 1.54) is 0 Å². The van der Waals surface area contributed by atoms with Crippen molar-refractivity contribution in [2.24, 2.45) is 0 Å². The number of benzene rings is 1. The molecule has 1 unspecified atom stereocenters. The molecule has 6 heteroatoms. The Kier molecular flexibility index (Phi) is 4.64. The number of hydrogen-bond donors (Lipinski definition) is 0. The minimum atomic E-state index is -0.308. The maximum Gasteiger partial charge on any atom is 0.244 e. The molecule has 0 aliphatic carbocycles. The van der Waals surface area contributed by atoms with Crippen molar-refractivity contribution in [1.82, 2.24) is 19.4 Å². The molecule has 1 aliphatic rings. The average Bonchev–Trinajstić information content (AvgIpc) is 3.26. The molecule has 1 aliphatic heterocycles. The van der Waals surface area contributed by atoms with Gasteiger partial charge in [0.05, 0.1) is 12.7 Å². The lowest BCUT2D eigenvalue weighted by molar-refractivity contribution is -0.141. The van der Waals surface area contributed by atoms with Crippen LogP contribution in [0, 0.1) is 0 Å². The van der Waals surface area contributed by atoms with Gasteiger partial charge in [-0.1, -0.05) is 12.1 Å². The second kappa shape index (κ2) is 6.86. The first-order valence-corrected chi connectivity index (χ1v) is 8.14. The zero-order valence-corrected chi connectivity index (χ0v) is 14.1. The first kappa shape index (κ1) is 16.2. The molecule has 0 bridgehead atoms. The van der Waals surface area contributed by atoms with E-state index in [0.717, 1.165) is 24.1 Å². The number of carbonyl (C=O) groups excluding carboxylic acids is 2. The topological polar surface area (TPSA) is 58.4 Å². The van der Waals surface area contributed by atoms with E-state index in [9.17, 15) is 9.59 Å². The van der Waals surface area contributed by atoms with Crippen LogP contribution < -0.4 is 0 Å². The Morgan fingerprint density at radius 3 is 2.62 bits per heavy atom. The van der Waals surface area contributed by atoms with Crippen LogP contribution in [0.4, 0.5) is 0 Å². The summed E-state index contributed by atoms with van der Waals surface area (Å²) in [5, 5.41) is 0. The van der Waals surface area contributed by atoms with Gasteiger partial charge in [-0.25, -0.2) is 4.98 Å². The van der Waals surface area contributed by atoms with Crippen LogP contribution in [0.3, 0.4) is 0 Å². The molecule has 2 heterocycles. The third-order valence-corrected chi connectivity index (χ3v) is 4.39. The molecule has 1 atom stereocenters. The molecule has 24 heavy (non-hydrogen) atoms. The van der Waals surface area contributed by atoms with Crippen LogP contribution in [0.1, 0.15) is 18.4 Å². The van der Waals surface area contributed by atoms with Crippen molar-refractivity contribution in [3.8, 4) is 5.69 Å². The Labute approximate surface area is 141 Å². The van der Waals surface area contributed by atoms with Crippen LogP contribution in [0.15, 0.2) is 43.0 Å². The number of nitrogens with zero attached hydrogens (tertiary/aromatic N) is 4. The van der Waals surface area contributed by atoms with Crippen molar-refractivity contribution < 1.29 is 9.59 Å². The minimum Gasteiger partial charge on any atom is -0.347 e. The SMILES string of the molecule is CN(C)C(=O)C1CCCN1C(=O)Cc1ccc(-n2ccnc2)cc1. The van der Waals surface area contributed by atoms with Gasteiger partial charge in [0.2, 0.25) is 11.8 Å². The number of likely N-dealkylation sites (tertiary alicyclic amines) is 1. The number of amides is 2. The molecule has 3 rings (SSSR count). The Morgan fingerprint density at radius 2 is 2.00 bits per heavy atom. The number of hydrogen-bond acceptors (Lipinski definition) is 3. The Morgan fingerprint density at radius 1 is 1.25 bits per heavy atom. The molecule has 1 aromatic carbocycles. The van der Waals surface area contributed by atoms with E-state index in [4.69, 9.17) is 0 Å². The van der Waals surface area contributed by atoms with Crippen LogP contribution in [0.5, 0.6) is 0 Å². The Bertz CT molecular complexity index is 707. The first-order chi connectivity index (χ1) is 11.6. The number of imidazole rings is 1. The predicted octanol–water partition coefficient (Wildman–Crippen LogP) is 1.49. The molecule has 1 aromatic heterocycles. The third-order valence-electron chi connectivity index (χ3n) is 4.39. The molecular weight excluding hydrogens is 304 g/mol. The molecule has 2 amide bonds. The molecule has 6 nitrogen and oxygen atoms in total. The van der Waals surface area contributed by atoms with Crippen LogP contribution >= 0.6 is 0 Å². The standard InChI is InChI=1S/C18H22N4O2/c1-20(2)18(24)16-4-3-10-22(16)17(23)12-14-5-7-15(8-6-14)21-11-9-19-13-21/h5-9,11,13,16H,3-4,10,12H2,1-2H3. The summed E-state index contributed by atoms with van der Waals surface area (Å²) in [6.07, 6.45) is 7.30. The van der Waals surface area contributed by atoms with Crippen LogP contribution in [0.2, 0.25) is 0 Å². The zero-order chi connectivity index (χ0) is 17.1. The van der Waals surface area contributed by atoms with Gasteiger partial charge in [-0.05, 0) is 30.5 Å². The van der Waals surface area contributed by atoms with Gasteiger partial charge in [-0.15, -0.1) is 0 Å². The summed E-state index contributed by atoms with van der Waals surface area (Å²) < 4.78 is 1.91. The van der Waals surface area contributed by atoms with Crippen molar-refractivity contribution in [3.05, 3.63) is 48.5 Å². The van der Waals surface area contributed by atoms with Crippen molar-refractivity contribution >= 4 is 11.8 Å². The fourth-order valence-corrected chi connectivity index (χ4v) is 3.09. The summed E-state index contributed by atoms with van der Waals surface area (Å²) in [5.41, 5.74) is 1.96. The molecule has 0 spiro atoms. The van der Waals surface area contributed by atoms with Gasteiger partial charge in [0, 0.05) is 38.7 Å². The van der Waals surface area contributed by atoms with Gasteiger partial charge in [0.15, 0.2) is 0 Å². The Hall–Kier alpha value is -2.63. The lowest BCUT2D eigenvalue weighted by atomic mass is 10.1. The highest BCUT2D eigenvalue weighted by Gasteiger charge is 2.34. The maximum atomic E-state index is 12.6. The van der Waals surface area contributed by atoms with Gasteiger partial charge in [-0.3, -0.25) is 9.59 Å². The molecule has 0 saturated carbocycles. The van der Waals surface area contributed by atoms with Gasteiger partial charge >= 0.3 is 0 Å². The van der Waals surface area contributed by atoms with Gasteiger partial charge < -0.3 is 14.4 Å². The summed E-state index contributed by atoms with van der Waals surface area (Å²) in [4.78, 5) is 32.1. The first-order valence-electron chi connectivity index (χ1n) is 8.14. The molecular formula is C18H22N4O2. The number of rotatable bonds is 4. The molecule has 0 N–H and O–H groups in total. The quantitative estimate of drug-likeness (QED) is 0.855. The largest absolute Gasteiger partial charge is 0.347 e. The van der Waals surface area contributed by atoms with Crippen LogP contribution in [-0.2, 0) is 16.0 Å². The lowest BCUT2D eigenvalue weighted by Gasteiger charge is -2.26. The summed E-state index contributed by atoms with van der Waals surface area (Å²) >= 11 is 0. The summed E-state index contributed by atoms with van der Waals surface area (Å²) in [5.74, 6) is 0.0272. The third kappa shape index (κ3) is 3.32. The maximum absolute atomic E-state index is 12.6. The Balaban J connectivity index is 1.67. The molecule has 1 saturated heterocycles. The molecule has 0 radical (unpaired) electrons. The van der Waals surface area contributed by atoms with Crippen molar-refractivity contribution in [2.45, 2.75) is 25.3 Å². The lowest BCUT2D eigenvalue weighted by Crippen LogP contribution is -2.45. The molecule has 1 fully saturated rings. The summed E-state index contributed by atoms with van der Waals surface area (Å²) in [7, 11) is 3.47. The van der Waals surface area contributed by atoms with E-state index in [1.807, 2.05) is 35.0 Å². The number of carbonyl (C=O) groups is 2. The highest BCUT2D eigenvalue weighted by atomic mass is 16.2. The van der Waals surface area contributed by atoms with Crippen molar-refractivity contribution in [1.29, 1.82) is 0 Å². The molecule has 2 aromatic rings. The highest BCUT2D eigenvalue weighted by molar-refractivity contribution is 5.88. The van der Waals surface area contributed by atoms with E-state index < -0.39 is 0 Å². The van der Waals surface area contributed by atoms with Crippen LogP contribution in [-0.4, -0.2) is 57.8 Å².